The van der Waals surface area contributed by atoms with Gasteiger partial charge >= 0.3 is 0 Å². The molecule has 0 aliphatic carbocycles. The first-order valence-corrected chi connectivity index (χ1v) is 7.23. The number of nitrogens with zero attached hydrogens (tertiary/aromatic N) is 2. The number of rotatable bonds is 2. The zero-order chi connectivity index (χ0) is 14.9. The Morgan fingerprint density at radius 2 is 1.55 bits per heavy atom. The van der Waals surface area contributed by atoms with Gasteiger partial charge in [-0.3, -0.25) is 0 Å². The van der Waals surface area contributed by atoms with Crippen molar-refractivity contribution < 1.29 is 0 Å². The molecule has 0 aliphatic rings. The van der Waals surface area contributed by atoms with Crippen LogP contribution in [-0.4, -0.2) is 9.97 Å². The second-order valence-corrected chi connectivity index (χ2v) is 6.80. The highest BCUT2D eigenvalue weighted by molar-refractivity contribution is 6.29. The molecule has 1 heterocycles. The smallest absolute Gasteiger partial charge is 0.134 e. The Balaban J connectivity index is 2.36. The van der Waals surface area contributed by atoms with Gasteiger partial charge in [0.1, 0.15) is 11.0 Å². The summed E-state index contributed by atoms with van der Waals surface area (Å²) in [7, 11) is 0. The standard InChI is InChI=1S/C17H21ClN2/c1-11-6-12(2)8-13(7-11)9-16-19-14(17(3,4)5)10-15(18)20-16/h6-8,10H,9H2,1-5H3. The molecule has 1 aromatic heterocycles. The van der Waals surface area contributed by atoms with Crippen LogP contribution in [0.3, 0.4) is 0 Å². The number of halogens is 1. The fourth-order valence-corrected chi connectivity index (χ4v) is 2.48. The third-order valence-corrected chi connectivity index (χ3v) is 3.35. The lowest BCUT2D eigenvalue weighted by atomic mass is 9.92. The van der Waals surface area contributed by atoms with Crippen molar-refractivity contribution in [2.75, 3.05) is 0 Å². The Labute approximate surface area is 126 Å². The number of benzene rings is 1. The summed E-state index contributed by atoms with van der Waals surface area (Å²) in [4.78, 5) is 9.02. The zero-order valence-electron chi connectivity index (χ0n) is 12.8. The average Bonchev–Trinajstić information content (AvgIpc) is 2.25. The molecule has 0 saturated carbocycles. The summed E-state index contributed by atoms with van der Waals surface area (Å²) < 4.78 is 0. The molecule has 20 heavy (non-hydrogen) atoms. The molecule has 2 aromatic rings. The minimum Gasteiger partial charge on any atom is -0.237 e. The molecule has 2 nitrogen and oxygen atoms in total. The van der Waals surface area contributed by atoms with Crippen LogP contribution in [0.4, 0.5) is 0 Å². The third-order valence-electron chi connectivity index (χ3n) is 3.15. The zero-order valence-corrected chi connectivity index (χ0v) is 13.5. The van der Waals surface area contributed by atoms with Crippen molar-refractivity contribution >= 4 is 11.6 Å². The van der Waals surface area contributed by atoms with E-state index in [1.54, 1.807) is 0 Å². The SMILES string of the molecule is Cc1cc(C)cc(Cc2nc(Cl)cc(C(C)(C)C)n2)c1. The molecule has 0 saturated heterocycles. The average molecular weight is 289 g/mol. The van der Waals surface area contributed by atoms with Gasteiger partial charge in [0.05, 0.1) is 5.69 Å². The second kappa shape index (κ2) is 5.53. The van der Waals surface area contributed by atoms with Crippen molar-refractivity contribution in [3.8, 4) is 0 Å². The molecule has 0 N–H and O–H groups in total. The predicted molar refractivity (Wildman–Crippen MR) is 84.5 cm³/mol. The molecule has 1 aromatic carbocycles. The number of hydrogen-bond acceptors (Lipinski definition) is 2. The van der Waals surface area contributed by atoms with E-state index >= 15 is 0 Å². The fraction of sp³-hybridized carbons (Fsp3) is 0.412. The molecule has 0 aliphatic heterocycles. The molecule has 0 fully saturated rings. The maximum absolute atomic E-state index is 6.13. The van der Waals surface area contributed by atoms with Crippen LogP contribution in [0.2, 0.25) is 5.15 Å². The van der Waals surface area contributed by atoms with Gasteiger partial charge in [0, 0.05) is 11.8 Å². The van der Waals surface area contributed by atoms with Gasteiger partial charge in [-0.25, -0.2) is 9.97 Å². The third kappa shape index (κ3) is 3.80. The van der Waals surface area contributed by atoms with Crippen molar-refractivity contribution in [3.63, 3.8) is 0 Å². The Hall–Kier alpha value is -1.41. The van der Waals surface area contributed by atoms with E-state index in [1.165, 1.54) is 16.7 Å². The van der Waals surface area contributed by atoms with Crippen LogP contribution < -0.4 is 0 Å². The van der Waals surface area contributed by atoms with E-state index in [4.69, 9.17) is 11.6 Å². The van der Waals surface area contributed by atoms with Crippen LogP contribution in [-0.2, 0) is 11.8 Å². The molecule has 0 radical (unpaired) electrons. The maximum atomic E-state index is 6.13. The Morgan fingerprint density at radius 1 is 0.950 bits per heavy atom. The van der Waals surface area contributed by atoms with Crippen molar-refractivity contribution in [3.05, 3.63) is 57.6 Å². The Kier molecular flexibility index (Phi) is 4.14. The highest BCUT2D eigenvalue weighted by Crippen LogP contribution is 2.23. The van der Waals surface area contributed by atoms with Crippen molar-refractivity contribution in [1.29, 1.82) is 0 Å². The van der Waals surface area contributed by atoms with Gasteiger partial charge in [-0.1, -0.05) is 61.7 Å². The van der Waals surface area contributed by atoms with Gasteiger partial charge in [0.25, 0.3) is 0 Å². The first kappa shape index (κ1) is 15.0. The number of aromatic nitrogens is 2. The van der Waals surface area contributed by atoms with E-state index in [1.807, 2.05) is 6.07 Å². The van der Waals surface area contributed by atoms with E-state index in [2.05, 4.69) is 62.8 Å². The minimum absolute atomic E-state index is 0.0240. The monoisotopic (exact) mass is 288 g/mol. The quantitative estimate of drug-likeness (QED) is 0.753. The second-order valence-electron chi connectivity index (χ2n) is 6.41. The van der Waals surface area contributed by atoms with Crippen LogP contribution in [0, 0.1) is 13.8 Å². The number of aryl methyl sites for hydroxylation is 2. The van der Waals surface area contributed by atoms with Gasteiger partial charge in [0.2, 0.25) is 0 Å². The summed E-state index contributed by atoms with van der Waals surface area (Å²) in [5, 5.41) is 0.518. The molecule has 0 bridgehead atoms. The first-order chi connectivity index (χ1) is 9.24. The molecule has 0 atom stereocenters. The number of hydrogen-bond donors (Lipinski definition) is 0. The summed E-state index contributed by atoms with van der Waals surface area (Å²) in [5.74, 6) is 0.785. The molecule has 106 valence electrons. The normalized spacial score (nSPS) is 11.7. The molecular weight excluding hydrogens is 268 g/mol. The van der Waals surface area contributed by atoms with E-state index in [0.717, 1.165) is 11.5 Å². The van der Waals surface area contributed by atoms with Crippen LogP contribution >= 0.6 is 11.6 Å². The first-order valence-electron chi connectivity index (χ1n) is 6.85. The summed E-state index contributed by atoms with van der Waals surface area (Å²) in [6.45, 7) is 10.6. The van der Waals surface area contributed by atoms with E-state index in [9.17, 15) is 0 Å². The van der Waals surface area contributed by atoms with Gasteiger partial charge < -0.3 is 0 Å². The maximum Gasteiger partial charge on any atom is 0.134 e. The van der Waals surface area contributed by atoms with Gasteiger partial charge in [-0.2, -0.15) is 0 Å². The van der Waals surface area contributed by atoms with Crippen molar-refractivity contribution in [2.24, 2.45) is 0 Å². The van der Waals surface area contributed by atoms with Gasteiger partial charge in [-0.05, 0) is 25.5 Å². The highest BCUT2D eigenvalue weighted by Gasteiger charge is 2.17. The Bertz CT molecular complexity index is 607. The van der Waals surface area contributed by atoms with E-state index in [0.29, 0.717) is 11.6 Å². The van der Waals surface area contributed by atoms with Crippen molar-refractivity contribution in [1.82, 2.24) is 9.97 Å². The van der Waals surface area contributed by atoms with Crippen LogP contribution in [0.25, 0.3) is 0 Å². The Morgan fingerprint density at radius 3 is 2.10 bits per heavy atom. The van der Waals surface area contributed by atoms with Gasteiger partial charge in [-0.15, -0.1) is 0 Å². The minimum atomic E-state index is -0.0240. The van der Waals surface area contributed by atoms with E-state index in [-0.39, 0.29) is 5.41 Å². The lowest BCUT2D eigenvalue weighted by Crippen LogP contribution is -2.15. The largest absolute Gasteiger partial charge is 0.237 e. The highest BCUT2D eigenvalue weighted by atomic mass is 35.5. The lowest BCUT2D eigenvalue weighted by Gasteiger charge is -2.18. The van der Waals surface area contributed by atoms with Crippen molar-refractivity contribution in [2.45, 2.75) is 46.5 Å². The summed E-state index contributed by atoms with van der Waals surface area (Å²) in [6, 6.07) is 8.37. The molecular formula is C17H21ClN2. The topological polar surface area (TPSA) is 25.8 Å². The van der Waals surface area contributed by atoms with Crippen LogP contribution in [0.5, 0.6) is 0 Å². The fourth-order valence-electron chi connectivity index (χ4n) is 2.28. The molecule has 0 amide bonds. The molecule has 3 heteroatoms. The summed E-state index contributed by atoms with van der Waals surface area (Å²) >= 11 is 6.13. The predicted octanol–water partition coefficient (Wildman–Crippen LogP) is 4.64. The lowest BCUT2D eigenvalue weighted by molar-refractivity contribution is 0.563. The summed E-state index contributed by atoms with van der Waals surface area (Å²) in [5.41, 5.74) is 4.71. The van der Waals surface area contributed by atoms with Crippen LogP contribution in [0.15, 0.2) is 24.3 Å². The molecule has 0 unspecified atom stereocenters. The van der Waals surface area contributed by atoms with E-state index < -0.39 is 0 Å². The van der Waals surface area contributed by atoms with Crippen LogP contribution in [0.1, 0.15) is 49.0 Å². The summed E-state index contributed by atoms with van der Waals surface area (Å²) in [6.07, 6.45) is 0.714. The molecule has 0 spiro atoms. The molecule has 2 rings (SSSR count). The van der Waals surface area contributed by atoms with Gasteiger partial charge in [0.15, 0.2) is 0 Å².